The monoisotopic (exact) mass is 684 g/mol. The zero-order valence-electron chi connectivity index (χ0n) is 30.7. The molecule has 0 aliphatic carbocycles. The molecule has 47 heavy (non-hydrogen) atoms. The fourth-order valence-corrected chi connectivity index (χ4v) is 6.18. The van der Waals surface area contributed by atoms with E-state index in [-0.39, 0.29) is 18.1 Å². The van der Waals surface area contributed by atoms with Crippen LogP contribution in [0.4, 0.5) is 0 Å². The van der Waals surface area contributed by atoms with Gasteiger partial charge in [-0.1, -0.05) is 175 Å². The lowest BCUT2D eigenvalue weighted by molar-refractivity contribution is -0.162. The Labute approximate surface area is 294 Å². The van der Waals surface area contributed by atoms with Gasteiger partial charge in [-0.25, -0.2) is 0 Å². The Morgan fingerprint density at radius 2 is 0.936 bits per heavy atom. The molecular formula is C39H72O7S. The van der Waals surface area contributed by atoms with Crippen LogP contribution in [0.3, 0.4) is 0 Å². The lowest BCUT2D eigenvalue weighted by Crippen LogP contribution is -2.48. The van der Waals surface area contributed by atoms with Crippen molar-refractivity contribution < 1.29 is 33.7 Å². The Morgan fingerprint density at radius 1 is 0.553 bits per heavy atom. The molecule has 276 valence electrons. The van der Waals surface area contributed by atoms with Crippen molar-refractivity contribution in [2.75, 3.05) is 13.2 Å². The SMILES string of the molecule is CCCCCCCCCCCCCCCCCCC(COCCCCCCCCCCCC)(OC(=O)CC)C(=S)OC(=O)CC(=O)O. The van der Waals surface area contributed by atoms with Gasteiger partial charge in [-0.15, -0.1) is 0 Å². The number of carbonyl (C=O) groups excluding carboxylic acids is 2. The molecule has 0 aliphatic rings. The van der Waals surface area contributed by atoms with E-state index in [4.69, 9.17) is 31.5 Å². The number of carbonyl (C=O) groups is 3. The highest BCUT2D eigenvalue weighted by Gasteiger charge is 2.42. The highest BCUT2D eigenvalue weighted by Crippen LogP contribution is 2.26. The first-order chi connectivity index (χ1) is 22.8. The first-order valence-electron chi connectivity index (χ1n) is 19.6. The number of esters is 2. The Bertz CT molecular complexity index is 787. The van der Waals surface area contributed by atoms with Crippen molar-refractivity contribution in [3.8, 4) is 0 Å². The van der Waals surface area contributed by atoms with Crippen LogP contribution in [-0.4, -0.2) is 46.9 Å². The lowest BCUT2D eigenvalue weighted by Gasteiger charge is -2.33. The quantitative estimate of drug-likeness (QED) is 0.0305. The molecule has 1 unspecified atom stereocenters. The number of hydrogen-bond acceptors (Lipinski definition) is 7. The largest absolute Gasteiger partial charge is 0.481 e. The maximum Gasteiger partial charge on any atom is 0.323 e. The summed E-state index contributed by atoms with van der Waals surface area (Å²) in [6, 6.07) is 0. The van der Waals surface area contributed by atoms with E-state index >= 15 is 0 Å². The smallest absolute Gasteiger partial charge is 0.323 e. The van der Waals surface area contributed by atoms with Crippen LogP contribution in [0, 0.1) is 0 Å². The van der Waals surface area contributed by atoms with E-state index in [0.717, 1.165) is 44.9 Å². The molecule has 0 aliphatic heterocycles. The number of thiocarbonyl (C=S) groups is 1. The van der Waals surface area contributed by atoms with Crippen LogP contribution in [0.1, 0.15) is 207 Å². The van der Waals surface area contributed by atoms with Gasteiger partial charge in [-0.3, -0.25) is 14.4 Å². The minimum atomic E-state index is -1.40. The molecule has 7 nitrogen and oxygen atoms in total. The molecule has 0 heterocycles. The number of carboxylic acid groups (broad SMARTS) is 1. The van der Waals surface area contributed by atoms with Gasteiger partial charge in [0.25, 0.3) is 0 Å². The van der Waals surface area contributed by atoms with Crippen LogP contribution in [0.2, 0.25) is 0 Å². The van der Waals surface area contributed by atoms with Crippen molar-refractivity contribution in [3.63, 3.8) is 0 Å². The molecule has 1 N–H and O–H groups in total. The number of carboxylic acids is 1. The molecule has 1 atom stereocenters. The number of ether oxygens (including phenoxy) is 3. The second-order valence-corrected chi connectivity index (χ2v) is 13.8. The van der Waals surface area contributed by atoms with Crippen molar-refractivity contribution in [1.82, 2.24) is 0 Å². The van der Waals surface area contributed by atoms with Gasteiger partial charge in [0.1, 0.15) is 6.42 Å². The number of aliphatic carboxylic acids is 1. The predicted octanol–water partition coefficient (Wildman–Crippen LogP) is 11.6. The Hall–Kier alpha value is -1.54. The van der Waals surface area contributed by atoms with Crippen LogP contribution in [0.5, 0.6) is 0 Å². The third-order valence-corrected chi connectivity index (χ3v) is 9.34. The van der Waals surface area contributed by atoms with Crippen LogP contribution in [-0.2, 0) is 28.6 Å². The average Bonchev–Trinajstić information content (AvgIpc) is 3.04. The van der Waals surface area contributed by atoms with E-state index in [1.165, 1.54) is 122 Å². The van der Waals surface area contributed by atoms with Crippen LogP contribution >= 0.6 is 12.2 Å². The molecule has 0 aromatic carbocycles. The molecule has 0 bridgehead atoms. The van der Waals surface area contributed by atoms with E-state index in [1.807, 2.05) is 0 Å². The molecular weight excluding hydrogens is 612 g/mol. The van der Waals surface area contributed by atoms with Crippen molar-refractivity contribution in [2.45, 2.75) is 213 Å². The first kappa shape index (κ1) is 45.5. The number of unbranched alkanes of at least 4 members (excludes halogenated alkanes) is 24. The molecule has 0 amide bonds. The minimum Gasteiger partial charge on any atom is -0.481 e. The van der Waals surface area contributed by atoms with Crippen molar-refractivity contribution in [1.29, 1.82) is 0 Å². The molecule has 0 aromatic heterocycles. The molecule has 0 spiro atoms. The topological polar surface area (TPSA) is 99.1 Å². The Kier molecular flexibility index (Phi) is 31.9. The summed E-state index contributed by atoms with van der Waals surface area (Å²) in [6.07, 6.45) is 31.9. The molecule has 0 rings (SSSR count). The maximum atomic E-state index is 12.5. The predicted molar refractivity (Wildman–Crippen MR) is 197 cm³/mol. The van der Waals surface area contributed by atoms with Crippen LogP contribution < -0.4 is 0 Å². The molecule has 0 aromatic rings. The molecule has 0 fully saturated rings. The zero-order valence-corrected chi connectivity index (χ0v) is 31.5. The second kappa shape index (κ2) is 33.0. The van der Waals surface area contributed by atoms with E-state index in [1.54, 1.807) is 6.92 Å². The van der Waals surface area contributed by atoms with Gasteiger partial charge in [0.2, 0.25) is 10.7 Å². The highest BCUT2D eigenvalue weighted by molar-refractivity contribution is 7.80. The minimum absolute atomic E-state index is 0.00586. The van der Waals surface area contributed by atoms with E-state index in [2.05, 4.69) is 13.8 Å². The van der Waals surface area contributed by atoms with Gasteiger partial charge in [0.15, 0.2) is 0 Å². The van der Waals surface area contributed by atoms with E-state index < -0.39 is 29.9 Å². The number of rotatable bonds is 35. The highest BCUT2D eigenvalue weighted by atomic mass is 32.1. The van der Waals surface area contributed by atoms with Crippen molar-refractivity contribution >= 4 is 35.2 Å². The second-order valence-electron chi connectivity index (χ2n) is 13.4. The summed E-state index contributed by atoms with van der Waals surface area (Å²) < 4.78 is 17.1. The third-order valence-electron chi connectivity index (χ3n) is 8.88. The van der Waals surface area contributed by atoms with Gasteiger partial charge in [-0.05, 0) is 31.5 Å². The summed E-state index contributed by atoms with van der Waals surface area (Å²) >= 11 is 5.49. The third kappa shape index (κ3) is 28.0. The summed E-state index contributed by atoms with van der Waals surface area (Å²) in [5, 5.41) is 8.80. The molecule has 0 saturated carbocycles. The summed E-state index contributed by atoms with van der Waals surface area (Å²) in [5.41, 5.74) is -1.40. The van der Waals surface area contributed by atoms with Gasteiger partial charge >= 0.3 is 17.9 Å². The van der Waals surface area contributed by atoms with Crippen molar-refractivity contribution in [3.05, 3.63) is 0 Å². The van der Waals surface area contributed by atoms with E-state index in [9.17, 15) is 14.4 Å². The average molecular weight is 685 g/mol. The summed E-state index contributed by atoms with van der Waals surface area (Å²) in [6.45, 7) is 6.69. The normalized spacial score (nSPS) is 12.5. The van der Waals surface area contributed by atoms with Crippen LogP contribution in [0.15, 0.2) is 0 Å². The van der Waals surface area contributed by atoms with Gasteiger partial charge in [0, 0.05) is 13.0 Å². The summed E-state index contributed by atoms with van der Waals surface area (Å²) in [4.78, 5) is 35.8. The Balaban J connectivity index is 4.65. The first-order valence-corrected chi connectivity index (χ1v) is 20.0. The zero-order chi connectivity index (χ0) is 34.9. The standard InChI is InChI=1S/C39H72O7S/c1-4-7-9-11-13-15-17-18-19-20-21-22-23-25-27-29-31-39(46-36(42)6-3,38(47)45-37(43)33-35(40)41)34-44-32-30-28-26-24-16-14-12-10-8-5-2/h4-34H2,1-3H3,(H,40,41). The fourth-order valence-electron chi connectivity index (χ4n) is 5.89. The van der Waals surface area contributed by atoms with Gasteiger partial charge in [-0.2, -0.15) is 0 Å². The summed E-state index contributed by atoms with van der Waals surface area (Å²) in [5.74, 6) is -2.73. The van der Waals surface area contributed by atoms with E-state index in [0.29, 0.717) is 13.0 Å². The van der Waals surface area contributed by atoms with Crippen molar-refractivity contribution in [2.24, 2.45) is 0 Å². The molecule has 0 saturated heterocycles. The Morgan fingerprint density at radius 3 is 1.32 bits per heavy atom. The summed E-state index contributed by atoms with van der Waals surface area (Å²) in [7, 11) is 0. The van der Waals surface area contributed by atoms with Gasteiger partial charge in [0.05, 0.1) is 6.61 Å². The number of hydrogen-bond donors (Lipinski definition) is 1. The fraction of sp³-hybridized carbons (Fsp3) is 0.897. The van der Waals surface area contributed by atoms with Gasteiger partial charge < -0.3 is 19.3 Å². The lowest BCUT2D eigenvalue weighted by atomic mass is 9.96. The van der Waals surface area contributed by atoms with Crippen LogP contribution in [0.25, 0.3) is 0 Å². The molecule has 8 heteroatoms. The maximum absolute atomic E-state index is 12.5. The molecule has 0 radical (unpaired) electrons.